The van der Waals surface area contributed by atoms with Crippen LogP contribution in [0, 0.1) is 18.3 Å². The van der Waals surface area contributed by atoms with E-state index in [0.717, 1.165) is 0 Å². The second-order valence-corrected chi connectivity index (χ2v) is 4.20. The van der Waals surface area contributed by atoms with Crippen LogP contribution in [0.1, 0.15) is 17.5 Å². The minimum absolute atomic E-state index is 0.217. The lowest BCUT2D eigenvalue weighted by molar-refractivity contribution is -0.145. The number of carboxylic acids is 2. The number of nitriles is 1. The molecule has 0 saturated heterocycles. The van der Waals surface area contributed by atoms with E-state index in [9.17, 15) is 14.4 Å². The van der Waals surface area contributed by atoms with Gasteiger partial charge in [0.05, 0.1) is 17.7 Å². The lowest BCUT2D eigenvalue weighted by Gasteiger charge is -2.14. The third-order valence-electron chi connectivity index (χ3n) is 2.61. The van der Waals surface area contributed by atoms with Gasteiger partial charge in [-0.25, -0.2) is 9.59 Å². The SMILES string of the molecule is Cc1cccc(NC(=O)N[C@H](CC(=O)O)C(=O)O)c1C#N. The van der Waals surface area contributed by atoms with Gasteiger partial charge in [-0.15, -0.1) is 0 Å². The highest BCUT2D eigenvalue weighted by molar-refractivity contribution is 5.94. The van der Waals surface area contributed by atoms with Gasteiger partial charge in [-0.1, -0.05) is 12.1 Å². The molecule has 0 saturated carbocycles. The smallest absolute Gasteiger partial charge is 0.326 e. The van der Waals surface area contributed by atoms with Crippen LogP contribution in [0.5, 0.6) is 0 Å². The van der Waals surface area contributed by atoms with Gasteiger partial charge in [0.25, 0.3) is 0 Å². The van der Waals surface area contributed by atoms with Crippen LogP contribution in [0.3, 0.4) is 0 Å². The van der Waals surface area contributed by atoms with Crippen molar-refractivity contribution in [2.75, 3.05) is 5.32 Å². The molecule has 1 rings (SSSR count). The third kappa shape index (κ3) is 4.50. The van der Waals surface area contributed by atoms with Gasteiger partial charge in [0, 0.05) is 0 Å². The Balaban J connectivity index is 2.82. The number of anilines is 1. The lowest BCUT2D eigenvalue weighted by atomic mass is 10.1. The van der Waals surface area contributed by atoms with Crippen LogP contribution in [-0.4, -0.2) is 34.2 Å². The van der Waals surface area contributed by atoms with E-state index in [-0.39, 0.29) is 11.3 Å². The minimum atomic E-state index is -1.56. The van der Waals surface area contributed by atoms with Gasteiger partial charge in [-0.3, -0.25) is 4.79 Å². The van der Waals surface area contributed by atoms with Gasteiger partial charge in [-0.2, -0.15) is 5.26 Å². The number of carboxylic acid groups (broad SMARTS) is 2. The summed E-state index contributed by atoms with van der Waals surface area (Å²) in [4.78, 5) is 33.1. The van der Waals surface area contributed by atoms with E-state index in [1.165, 1.54) is 6.07 Å². The van der Waals surface area contributed by atoms with E-state index in [4.69, 9.17) is 15.5 Å². The quantitative estimate of drug-likeness (QED) is 0.636. The van der Waals surface area contributed by atoms with Crippen molar-refractivity contribution < 1.29 is 24.6 Å². The Bertz CT molecular complexity index is 621. The van der Waals surface area contributed by atoms with Gasteiger partial charge in [0.15, 0.2) is 0 Å². The Morgan fingerprint density at radius 1 is 1.33 bits per heavy atom. The topological polar surface area (TPSA) is 140 Å². The minimum Gasteiger partial charge on any atom is -0.481 e. The Morgan fingerprint density at radius 3 is 2.52 bits per heavy atom. The van der Waals surface area contributed by atoms with Crippen LogP contribution < -0.4 is 10.6 Å². The fourth-order valence-electron chi connectivity index (χ4n) is 1.61. The lowest BCUT2D eigenvalue weighted by Crippen LogP contribution is -2.44. The molecular weight excluding hydrogens is 278 g/mol. The maximum Gasteiger partial charge on any atom is 0.326 e. The molecular formula is C13H13N3O5. The largest absolute Gasteiger partial charge is 0.481 e. The van der Waals surface area contributed by atoms with Gasteiger partial charge < -0.3 is 20.8 Å². The molecule has 0 aromatic heterocycles. The van der Waals surface area contributed by atoms with E-state index in [1.807, 2.05) is 11.4 Å². The first-order valence-electron chi connectivity index (χ1n) is 5.87. The Morgan fingerprint density at radius 2 is 2.00 bits per heavy atom. The average Bonchev–Trinajstić information content (AvgIpc) is 2.37. The maximum absolute atomic E-state index is 11.7. The van der Waals surface area contributed by atoms with Crippen molar-refractivity contribution in [2.45, 2.75) is 19.4 Å². The van der Waals surface area contributed by atoms with Crippen molar-refractivity contribution in [1.82, 2.24) is 5.32 Å². The van der Waals surface area contributed by atoms with Crippen molar-refractivity contribution in [1.29, 1.82) is 5.26 Å². The van der Waals surface area contributed by atoms with Gasteiger partial charge in [0.2, 0.25) is 0 Å². The molecule has 0 aliphatic rings. The number of hydrogen-bond donors (Lipinski definition) is 4. The number of nitrogens with zero attached hydrogens (tertiary/aromatic N) is 1. The normalized spacial score (nSPS) is 11.0. The molecule has 0 aliphatic heterocycles. The molecule has 1 atom stereocenters. The number of urea groups is 1. The standard InChI is InChI=1S/C13H13N3O5/c1-7-3-2-4-9(8(7)6-14)15-13(21)16-10(12(19)20)5-11(17)18/h2-4,10H,5H2,1H3,(H,17,18)(H,19,20)(H2,15,16,21)/t10-/m1/s1. The van der Waals surface area contributed by atoms with Crippen LogP contribution in [0.25, 0.3) is 0 Å². The highest BCUT2D eigenvalue weighted by Crippen LogP contribution is 2.18. The second-order valence-electron chi connectivity index (χ2n) is 4.20. The number of hydrogen-bond acceptors (Lipinski definition) is 4. The Kier molecular flexibility index (Phi) is 5.25. The molecule has 0 spiro atoms. The summed E-state index contributed by atoms with van der Waals surface area (Å²) in [5, 5.41) is 30.8. The summed E-state index contributed by atoms with van der Waals surface area (Å²) in [6, 6.07) is 4.26. The molecule has 21 heavy (non-hydrogen) atoms. The highest BCUT2D eigenvalue weighted by atomic mass is 16.4. The molecule has 0 radical (unpaired) electrons. The zero-order valence-electron chi connectivity index (χ0n) is 11.1. The second kappa shape index (κ2) is 6.91. The van der Waals surface area contributed by atoms with Crippen LogP contribution in [0.15, 0.2) is 18.2 Å². The first kappa shape index (κ1) is 16.0. The molecule has 8 heteroatoms. The molecule has 4 N–H and O–H groups in total. The van der Waals surface area contributed by atoms with Gasteiger partial charge in [0.1, 0.15) is 12.1 Å². The van der Waals surface area contributed by atoms with Gasteiger partial charge >= 0.3 is 18.0 Å². The van der Waals surface area contributed by atoms with Gasteiger partial charge in [-0.05, 0) is 18.6 Å². The highest BCUT2D eigenvalue weighted by Gasteiger charge is 2.23. The summed E-state index contributed by atoms with van der Waals surface area (Å²) in [5.74, 6) is -2.81. The fraction of sp³-hybridized carbons (Fsp3) is 0.231. The summed E-state index contributed by atoms with van der Waals surface area (Å²) in [6.07, 6.45) is -0.748. The number of aliphatic carboxylic acids is 2. The molecule has 0 bridgehead atoms. The predicted octanol–water partition coefficient (Wildman–Crippen LogP) is 0.916. The number of carbonyl (C=O) groups is 3. The summed E-state index contributed by atoms with van der Waals surface area (Å²) in [6.45, 7) is 1.69. The van der Waals surface area contributed by atoms with Crippen LogP contribution >= 0.6 is 0 Å². The van der Waals surface area contributed by atoms with Crippen molar-refractivity contribution >= 4 is 23.7 Å². The Labute approximate surface area is 120 Å². The first-order chi connectivity index (χ1) is 9.85. The van der Waals surface area contributed by atoms with E-state index >= 15 is 0 Å². The molecule has 0 fully saturated rings. The maximum atomic E-state index is 11.7. The first-order valence-corrected chi connectivity index (χ1v) is 5.87. The predicted molar refractivity (Wildman–Crippen MR) is 71.7 cm³/mol. The molecule has 1 aromatic rings. The zero-order chi connectivity index (χ0) is 16.0. The average molecular weight is 291 g/mol. The summed E-state index contributed by atoms with van der Waals surface area (Å²) >= 11 is 0. The number of benzene rings is 1. The monoisotopic (exact) mass is 291 g/mol. The molecule has 2 amide bonds. The Hall–Kier alpha value is -3.08. The summed E-state index contributed by atoms with van der Waals surface area (Å²) in [7, 11) is 0. The van der Waals surface area contributed by atoms with Crippen molar-refractivity contribution in [3.63, 3.8) is 0 Å². The zero-order valence-corrected chi connectivity index (χ0v) is 11.1. The molecule has 8 nitrogen and oxygen atoms in total. The van der Waals surface area contributed by atoms with E-state index in [1.54, 1.807) is 19.1 Å². The third-order valence-corrected chi connectivity index (χ3v) is 2.61. The summed E-state index contributed by atoms with van der Waals surface area (Å²) in [5.41, 5.74) is 1.11. The number of rotatable bonds is 5. The number of nitrogens with one attached hydrogen (secondary N) is 2. The van der Waals surface area contributed by atoms with Crippen LogP contribution in [-0.2, 0) is 9.59 Å². The van der Waals surface area contributed by atoms with Crippen molar-refractivity contribution in [2.24, 2.45) is 0 Å². The van der Waals surface area contributed by atoms with Crippen molar-refractivity contribution in [3.05, 3.63) is 29.3 Å². The van der Waals surface area contributed by atoms with Crippen molar-refractivity contribution in [3.8, 4) is 6.07 Å². The fourth-order valence-corrected chi connectivity index (χ4v) is 1.61. The summed E-state index contributed by atoms with van der Waals surface area (Å²) < 4.78 is 0. The van der Waals surface area contributed by atoms with E-state index in [2.05, 4.69) is 5.32 Å². The molecule has 110 valence electrons. The molecule has 0 unspecified atom stereocenters. The van der Waals surface area contributed by atoms with E-state index in [0.29, 0.717) is 5.56 Å². The molecule has 1 aromatic carbocycles. The van der Waals surface area contributed by atoms with Crippen LogP contribution in [0.4, 0.5) is 10.5 Å². The number of aryl methyl sites for hydroxylation is 1. The number of carbonyl (C=O) groups excluding carboxylic acids is 1. The van der Waals surface area contributed by atoms with Crippen LogP contribution in [0.2, 0.25) is 0 Å². The number of amides is 2. The molecule has 0 aliphatic carbocycles. The molecule has 0 heterocycles. The van der Waals surface area contributed by atoms with E-state index < -0.39 is 30.4 Å².